The molecule has 4 bridgehead atoms. The van der Waals surface area contributed by atoms with Crippen LogP contribution in [0.1, 0.15) is 56.6 Å². The van der Waals surface area contributed by atoms with Crippen LogP contribution >= 0.6 is 0 Å². The van der Waals surface area contributed by atoms with Gasteiger partial charge in [0.1, 0.15) is 11.6 Å². The second-order valence-corrected chi connectivity index (χ2v) is 10.3. The molecule has 2 aromatic carbocycles. The molecule has 1 heterocycles. The van der Waals surface area contributed by atoms with Gasteiger partial charge in [-0.05, 0) is 80.0 Å². The van der Waals surface area contributed by atoms with Crippen molar-refractivity contribution in [1.29, 1.82) is 0 Å². The Hall–Kier alpha value is -2.68. The van der Waals surface area contributed by atoms with E-state index >= 15 is 0 Å². The maximum atomic E-state index is 13.8. The Morgan fingerprint density at radius 1 is 0.871 bits per heavy atom. The number of pyridine rings is 1. The van der Waals surface area contributed by atoms with Crippen LogP contribution in [-0.4, -0.2) is 10.8 Å². The smallest absolute Gasteiger partial charge is 0.141 e. The molecule has 4 fully saturated rings. The van der Waals surface area contributed by atoms with Crippen molar-refractivity contribution >= 4 is 22.5 Å². The van der Waals surface area contributed by atoms with Gasteiger partial charge in [0.25, 0.3) is 0 Å². The molecule has 1 atom stereocenters. The van der Waals surface area contributed by atoms with Crippen molar-refractivity contribution in [3.8, 4) is 0 Å². The Morgan fingerprint density at radius 3 is 2.23 bits per heavy atom. The van der Waals surface area contributed by atoms with Crippen molar-refractivity contribution in [2.75, 3.05) is 5.32 Å². The van der Waals surface area contributed by atoms with Gasteiger partial charge < -0.3 is 5.32 Å². The number of nitrogens with zero attached hydrogens (tertiary/aromatic N) is 1. The lowest BCUT2D eigenvalue weighted by molar-refractivity contribution is -0.144. The van der Waals surface area contributed by atoms with Gasteiger partial charge in [-0.2, -0.15) is 0 Å². The van der Waals surface area contributed by atoms with Crippen molar-refractivity contribution in [3.05, 3.63) is 72.3 Å². The molecular weight excluding hydrogens is 380 g/mol. The number of carbonyl (C=O) groups excluding carboxylic acids is 1. The summed E-state index contributed by atoms with van der Waals surface area (Å²) in [6.07, 6.45) is 8.05. The number of nitrogens with one attached hydrogen (secondary N) is 1. The molecule has 0 spiro atoms. The van der Waals surface area contributed by atoms with Crippen LogP contribution in [0.5, 0.6) is 0 Å². The predicted octanol–water partition coefficient (Wildman–Crippen LogP) is 6.56. The summed E-state index contributed by atoms with van der Waals surface area (Å²) in [6, 6.07) is 22.7. The highest BCUT2D eigenvalue weighted by Crippen LogP contribution is 2.60. The molecule has 4 aliphatic rings. The number of benzene rings is 2. The first kappa shape index (κ1) is 19.0. The van der Waals surface area contributed by atoms with Gasteiger partial charge in [-0.3, -0.25) is 4.79 Å². The number of anilines is 1. The van der Waals surface area contributed by atoms with Gasteiger partial charge >= 0.3 is 0 Å². The molecule has 0 saturated heterocycles. The van der Waals surface area contributed by atoms with Crippen molar-refractivity contribution in [2.45, 2.75) is 51.0 Å². The zero-order chi connectivity index (χ0) is 20.8. The maximum Gasteiger partial charge on any atom is 0.141 e. The van der Waals surface area contributed by atoms with Crippen LogP contribution < -0.4 is 5.32 Å². The zero-order valence-corrected chi connectivity index (χ0v) is 18.0. The van der Waals surface area contributed by atoms with E-state index in [4.69, 9.17) is 4.98 Å². The lowest BCUT2D eigenvalue weighted by Gasteiger charge is -2.56. The highest BCUT2D eigenvalue weighted by molar-refractivity contribution is 5.86. The number of rotatable bonds is 6. The first-order valence-corrected chi connectivity index (χ1v) is 11.9. The lowest BCUT2D eigenvalue weighted by Crippen LogP contribution is -2.50. The van der Waals surface area contributed by atoms with E-state index < -0.39 is 0 Å². The number of para-hydroxylation sites is 1. The fraction of sp³-hybridized carbons (Fsp3) is 0.429. The summed E-state index contributed by atoms with van der Waals surface area (Å²) in [4.78, 5) is 18.6. The van der Waals surface area contributed by atoms with E-state index in [-0.39, 0.29) is 11.5 Å². The summed E-state index contributed by atoms with van der Waals surface area (Å²) in [7, 11) is 0. The van der Waals surface area contributed by atoms with Crippen molar-refractivity contribution < 1.29 is 4.79 Å². The van der Waals surface area contributed by atoms with Crippen LogP contribution in [0.2, 0.25) is 0 Å². The Labute approximate surface area is 184 Å². The number of aromatic nitrogens is 1. The first-order valence-electron chi connectivity index (χ1n) is 11.9. The quantitative estimate of drug-likeness (QED) is 0.500. The molecule has 158 valence electrons. The lowest BCUT2D eigenvalue weighted by atomic mass is 9.48. The second kappa shape index (κ2) is 7.47. The summed E-state index contributed by atoms with van der Waals surface area (Å²) in [5, 5.41) is 4.75. The first-order chi connectivity index (χ1) is 15.2. The summed E-state index contributed by atoms with van der Waals surface area (Å²) >= 11 is 0. The molecule has 3 aromatic rings. The summed E-state index contributed by atoms with van der Waals surface area (Å²) in [6.45, 7) is 0. The van der Waals surface area contributed by atoms with Gasteiger partial charge in [-0.15, -0.1) is 0 Å². The predicted molar refractivity (Wildman–Crippen MR) is 125 cm³/mol. The number of hydrogen-bond donors (Lipinski definition) is 1. The second-order valence-electron chi connectivity index (χ2n) is 10.3. The fourth-order valence-corrected chi connectivity index (χ4v) is 7.12. The average molecular weight is 411 g/mol. The number of carbonyl (C=O) groups is 1. The highest BCUT2D eigenvalue weighted by Gasteiger charge is 2.54. The minimum Gasteiger partial charge on any atom is -0.363 e. The normalized spacial score (nSPS) is 29.7. The molecule has 0 radical (unpaired) electrons. The van der Waals surface area contributed by atoms with Crippen LogP contribution in [0.25, 0.3) is 10.9 Å². The summed E-state index contributed by atoms with van der Waals surface area (Å²) in [5.74, 6) is 3.70. The van der Waals surface area contributed by atoms with E-state index in [1.54, 1.807) is 0 Å². The average Bonchev–Trinajstić information content (AvgIpc) is 2.78. The van der Waals surface area contributed by atoms with Crippen molar-refractivity contribution in [2.24, 2.45) is 23.2 Å². The minimum atomic E-state index is -0.0553. The molecule has 1 N–H and O–H groups in total. The molecule has 7 rings (SSSR count). The number of ketones is 1. The van der Waals surface area contributed by atoms with Gasteiger partial charge in [0.15, 0.2) is 0 Å². The maximum absolute atomic E-state index is 13.8. The SMILES string of the molecule is O=C(CC(Nc1ccc2ccccc2n1)c1ccccc1)C12CC3CC(CC(C3)C1)C2. The molecule has 0 aliphatic heterocycles. The van der Waals surface area contributed by atoms with E-state index in [2.05, 4.69) is 41.7 Å². The molecule has 3 heteroatoms. The largest absolute Gasteiger partial charge is 0.363 e. The molecule has 1 aromatic heterocycles. The van der Waals surface area contributed by atoms with E-state index in [9.17, 15) is 4.79 Å². The summed E-state index contributed by atoms with van der Waals surface area (Å²) in [5.41, 5.74) is 2.09. The molecule has 0 amide bonds. The number of Topliss-reactive ketones (excluding diaryl/α,β-unsaturated/α-hetero) is 1. The van der Waals surface area contributed by atoms with E-state index in [0.29, 0.717) is 12.2 Å². The third-order valence-electron chi connectivity index (χ3n) is 8.14. The van der Waals surface area contributed by atoms with E-state index in [1.807, 2.05) is 30.3 Å². The monoisotopic (exact) mass is 410 g/mol. The molecule has 4 saturated carbocycles. The molecule has 3 nitrogen and oxygen atoms in total. The molecular formula is C28H30N2O. The van der Waals surface area contributed by atoms with E-state index in [0.717, 1.165) is 59.3 Å². The van der Waals surface area contributed by atoms with Crippen LogP contribution in [0.3, 0.4) is 0 Å². The molecule has 4 aliphatic carbocycles. The highest BCUT2D eigenvalue weighted by atomic mass is 16.1. The number of hydrogen-bond acceptors (Lipinski definition) is 3. The van der Waals surface area contributed by atoms with E-state index in [1.165, 1.54) is 19.3 Å². The summed E-state index contributed by atoms with van der Waals surface area (Å²) < 4.78 is 0. The van der Waals surface area contributed by atoms with Crippen LogP contribution in [-0.2, 0) is 4.79 Å². The third kappa shape index (κ3) is 3.54. The van der Waals surface area contributed by atoms with Crippen LogP contribution in [0.15, 0.2) is 66.7 Å². The Balaban J connectivity index is 1.28. The Kier molecular flexibility index (Phi) is 4.59. The topological polar surface area (TPSA) is 42.0 Å². The molecule has 1 unspecified atom stereocenters. The van der Waals surface area contributed by atoms with Crippen molar-refractivity contribution in [3.63, 3.8) is 0 Å². The van der Waals surface area contributed by atoms with Crippen molar-refractivity contribution in [1.82, 2.24) is 4.98 Å². The van der Waals surface area contributed by atoms with Crippen LogP contribution in [0, 0.1) is 23.2 Å². The van der Waals surface area contributed by atoms with Crippen LogP contribution in [0.4, 0.5) is 5.82 Å². The van der Waals surface area contributed by atoms with Gasteiger partial charge in [0, 0.05) is 17.2 Å². The third-order valence-corrected chi connectivity index (χ3v) is 8.14. The van der Waals surface area contributed by atoms with Gasteiger partial charge in [-0.1, -0.05) is 48.5 Å². The Bertz CT molecular complexity index is 1070. The zero-order valence-electron chi connectivity index (χ0n) is 18.0. The van der Waals surface area contributed by atoms with Gasteiger partial charge in [0.2, 0.25) is 0 Å². The van der Waals surface area contributed by atoms with Gasteiger partial charge in [-0.25, -0.2) is 4.98 Å². The minimum absolute atomic E-state index is 0.0460. The fourth-order valence-electron chi connectivity index (χ4n) is 7.12. The van der Waals surface area contributed by atoms with Gasteiger partial charge in [0.05, 0.1) is 11.6 Å². The number of fused-ring (bicyclic) bond motifs is 1. The standard InChI is InChI=1S/C28H30N2O/c31-26(28-16-19-12-20(17-28)14-21(13-19)18-28)15-25(22-6-2-1-3-7-22)30-27-11-10-23-8-4-5-9-24(23)29-27/h1-11,19-21,25H,12-18H2,(H,29,30). The Morgan fingerprint density at radius 2 is 1.52 bits per heavy atom. The molecule has 31 heavy (non-hydrogen) atoms.